The Morgan fingerprint density at radius 1 is 0.562 bits per heavy atom. The fraction of sp³-hybridized carbons (Fsp3) is 0.111. The van der Waals surface area contributed by atoms with Gasteiger partial charge in [-0.1, -0.05) is 30.3 Å². The molecule has 0 amide bonds. The van der Waals surface area contributed by atoms with E-state index in [2.05, 4.69) is 34.9 Å². The molecule has 0 aliphatic carbocycles. The largest absolute Gasteiger partial charge is 0.497 e. The van der Waals surface area contributed by atoms with E-state index in [0.717, 1.165) is 45.4 Å². The molecule has 4 N–H and O–H groups in total. The van der Waals surface area contributed by atoms with E-state index in [1.165, 1.54) is 0 Å². The monoisotopic (exact) mass is 425 g/mol. The lowest BCUT2D eigenvalue weighted by molar-refractivity contribution is 0.415. The van der Waals surface area contributed by atoms with Crippen molar-refractivity contribution in [1.29, 1.82) is 0 Å². The molecule has 5 nitrogen and oxygen atoms in total. The third-order valence-corrected chi connectivity index (χ3v) is 5.28. The molecule has 0 fully saturated rings. The number of hydrogen-bond acceptors (Lipinski definition) is 5. The second-order valence-electron chi connectivity index (χ2n) is 7.43. The van der Waals surface area contributed by atoms with Crippen molar-refractivity contribution in [3.05, 3.63) is 108 Å². The SMILES string of the molecule is COc1ccc(Nc2ccc(C(N)c3ccc(Nc4cccc(OC)c4)cc3)cc2)cc1. The van der Waals surface area contributed by atoms with E-state index in [4.69, 9.17) is 15.2 Å². The summed E-state index contributed by atoms with van der Waals surface area (Å²) in [5, 5.41) is 6.77. The van der Waals surface area contributed by atoms with Crippen molar-refractivity contribution in [1.82, 2.24) is 0 Å². The van der Waals surface area contributed by atoms with Gasteiger partial charge in [-0.25, -0.2) is 0 Å². The first-order valence-corrected chi connectivity index (χ1v) is 10.4. The van der Waals surface area contributed by atoms with E-state index in [1.54, 1.807) is 14.2 Å². The molecular weight excluding hydrogens is 398 g/mol. The lowest BCUT2D eigenvalue weighted by atomic mass is 9.99. The maximum absolute atomic E-state index is 6.52. The Bertz CT molecular complexity index is 1140. The smallest absolute Gasteiger partial charge is 0.120 e. The van der Waals surface area contributed by atoms with Gasteiger partial charge in [0.15, 0.2) is 0 Å². The van der Waals surface area contributed by atoms with Gasteiger partial charge >= 0.3 is 0 Å². The maximum Gasteiger partial charge on any atom is 0.120 e. The summed E-state index contributed by atoms with van der Waals surface area (Å²) in [4.78, 5) is 0. The first kappa shape index (κ1) is 21.3. The highest BCUT2D eigenvalue weighted by molar-refractivity contribution is 5.62. The van der Waals surface area contributed by atoms with E-state index in [1.807, 2.05) is 72.8 Å². The van der Waals surface area contributed by atoms with Crippen LogP contribution in [0.3, 0.4) is 0 Å². The number of hydrogen-bond donors (Lipinski definition) is 3. The number of ether oxygens (including phenoxy) is 2. The van der Waals surface area contributed by atoms with Gasteiger partial charge in [0.05, 0.1) is 20.3 Å². The fourth-order valence-corrected chi connectivity index (χ4v) is 3.45. The summed E-state index contributed by atoms with van der Waals surface area (Å²) in [6.45, 7) is 0. The minimum Gasteiger partial charge on any atom is -0.497 e. The highest BCUT2D eigenvalue weighted by Crippen LogP contribution is 2.26. The zero-order valence-corrected chi connectivity index (χ0v) is 18.2. The zero-order valence-electron chi connectivity index (χ0n) is 18.2. The van der Waals surface area contributed by atoms with Crippen LogP contribution < -0.4 is 25.8 Å². The molecule has 0 aliphatic heterocycles. The van der Waals surface area contributed by atoms with Crippen LogP contribution >= 0.6 is 0 Å². The summed E-state index contributed by atoms with van der Waals surface area (Å²) < 4.78 is 10.5. The molecule has 32 heavy (non-hydrogen) atoms. The van der Waals surface area contributed by atoms with Gasteiger partial charge in [-0.05, 0) is 71.8 Å². The van der Waals surface area contributed by atoms with Crippen LogP contribution in [-0.2, 0) is 0 Å². The van der Waals surface area contributed by atoms with Crippen molar-refractivity contribution in [3.8, 4) is 11.5 Å². The molecule has 0 radical (unpaired) electrons. The molecule has 4 rings (SSSR count). The van der Waals surface area contributed by atoms with Crippen molar-refractivity contribution < 1.29 is 9.47 Å². The Kier molecular flexibility index (Phi) is 6.58. The minimum atomic E-state index is -0.198. The fourth-order valence-electron chi connectivity index (χ4n) is 3.45. The summed E-state index contributed by atoms with van der Waals surface area (Å²) in [6.07, 6.45) is 0. The lowest BCUT2D eigenvalue weighted by Gasteiger charge is -2.15. The van der Waals surface area contributed by atoms with Crippen LogP contribution in [0.15, 0.2) is 97.1 Å². The molecule has 0 heterocycles. The van der Waals surface area contributed by atoms with Crippen LogP contribution in [0.2, 0.25) is 0 Å². The Hall–Kier alpha value is -3.96. The summed E-state index contributed by atoms with van der Waals surface area (Å²) in [5.74, 6) is 1.65. The average Bonchev–Trinajstić information content (AvgIpc) is 2.85. The highest BCUT2D eigenvalue weighted by Gasteiger charge is 2.09. The molecule has 0 bridgehead atoms. The summed E-state index contributed by atoms with van der Waals surface area (Å²) in [6, 6.07) is 31.8. The molecule has 5 heteroatoms. The van der Waals surface area contributed by atoms with Crippen molar-refractivity contribution in [2.24, 2.45) is 5.73 Å². The van der Waals surface area contributed by atoms with Crippen LogP contribution in [0.4, 0.5) is 22.7 Å². The Morgan fingerprint density at radius 3 is 1.53 bits per heavy atom. The Balaban J connectivity index is 1.40. The predicted octanol–water partition coefficient (Wildman–Crippen LogP) is 6.24. The van der Waals surface area contributed by atoms with Gasteiger partial charge in [-0.15, -0.1) is 0 Å². The van der Waals surface area contributed by atoms with Gasteiger partial charge in [0.2, 0.25) is 0 Å². The second-order valence-corrected chi connectivity index (χ2v) is 7.43. The highest BCUT2D eigenvalue weighted by atomic mass is 16.5. The number of nitrogens with one attached hydrogen (secondary N) is 2. The third-order valence-electron chi connectivity index (χ3n) is 5.28. The van der Waals surface area contributed by atoms with Gasteiger partial charge in [0, 0.05) is 28.8 Å². The van der Waals surface area contributed by atoms with Gasteiger partial charge in [-0.3, -0.25) is 0 Å². The molecule has 4 aromatic rings. The van der Waals surface area contributed by atoms with Crippen LogP contribution in [0, 0.1) is 0 Å². The maximum atomic E-state index is 6.52. The lowest BCUT2D eigenvalue weighted by Crippen LogP contribution is -2.11. The predicted molar refractivity (Wildman–Crippen MR) is 131 cm³/mol. The molecule has 4 aromatic carbocycles. The Labute approximate surface area is 188 Å². The number of rotatable bonds is 8. The first-order valence-electron chi connectivity index (χ1n) is 10.4. The number of anilines is 4. The van der Waals surface area contributed by atoms with E-state index >= 15 is 0 Å². The van der Waals surface area contributed by atoms with Gasteiger partial charge in [0.1, 0.15) is 11.5 Å². The van der Waals surface area contributed by atoms with Crippen LogP contribution in [0.25, 0.3) is 0 Å². The minimum absolute atomic E-state index is 0.198. The zero-order chi connectivity index (χ0) is 22.3. The van der Waals surface area contributed by atoms with Crippen molar-refractivity contribution in [2.75, 3.05) is 24.9 Å². The number of benzene rings is 4. The van der Waals surface area contributed by atoms with Gasteiger partial charge in [0.25, 0.3) is 0 Å². The van der Waals surface area contributed by atoms with E-state index in [9.17, 15) is 0 Å². The van der Waals surface area contributed by atoms with Crippen molar-refractivity contribution >= 4 is 22.7 Å². The third kappa shape index (κ3) is 5.20. The molecule has 0 saturated carbocycles. The molecule has 0 spiro atoms. The molecule has 0 saturated heterocycles. The molecule has 1 atom stereocenters. The topological polar surface area (TPSA) is 68.5 Å². The molecule has 0 aromatic heterocycles. The normalized spacial score (nSPS) is 11.5. The first-order chi connectivity index (χ1) is 15.6. The summed E-state index contributed by atoms with van der Waals surface area (Å²) >= 11 is 0. The van der Waals surface area contributed by atoms with Gasteiger partial charge < -0.3 is 25.8 Å². The molecule has 0 aliphatic rings. The molecule has 162 valence electrons. The van der Waals surface area contributed by atoms with E-state index in [-0.39, 0.29) is 6.04 Å². The standard InChI is InChI=1S/C27H27N3O2/c1-31-25-16-14-23(15-17-25)29-21-10-6-19(7-11-21)27(28)20-8-12-22(13-9-20)30-24-4-3-5-26(18-24)32-2/h3-18,27,29-30H,28H2,1-2H3. The van der Waals surface area contributed by atoms with E-state index in [0.29, 0.717) is 0 Å². The van der Waals surface area contributed by atoms with Crippen LogP contribution in [0.5, 0.6) is 11.5 Å². The summed E-state index contributed by atoms with van der Waals surface area (Å²) in [5.41, 5.74) is 12.6. The molecule has 1 unspecified atom stereocenters. The number of methoxy groups -OCH3 is 2. The number of nitrogens with two attached hydrogens (primary N) is 1. The summed E-state index contributed by atoms with van der Waals surface area (Å²) in [7, 11) is 3.33. The molecular formula is C27H27N3O2. The van der Waals surface area contributed by atoms with Crippen LogP contribution in [-0.4, -0.2) is 14.2 Å². The average molecular weight is 426 g/mol. The van der Waals surface area contributed by atoms with Crippen molar-refractivity contribution in [2.45, 2.75) is 6.04 Å². The second kappa shape index (κ2) is 9.90. The quantitative estimate of drug-likeness (QED) is 0.312. The van der Waals surface area contributed by atoms with Gasteiger partial charge in [-0.2, -0.15) is 0 Å². The van der Waals surface area contributed by atoms with Crippen molar-refractivity contribution in [3.63, 3.8) is 0 Å². The van der Waals surface area contributed by atoms with Crippen LogP contribution in [0.1, 0.15) is 17.2 Å². The Morgan fingerprint density at radius 2 is 1.03 bits per heavy atom. The van der Waals surface area contributed by atoms with E-state index < -0.39 is 0 Å².